The minimum Gasteiger partial charge on any atom is -0.491 e. The van der Waals surface area contributed by atoms with Gasteiger partial charge >= 0.3 is 0 Å². The number of carbonyl (C=O) groups excluding carboxylic acids is 1. The molecular formula is C16H22N4O2. The van der Waals surface area contributed by atoms with E-state index in [2.05, 4.69) is 15.5 Å². The van der Waals surface area contributed by atoms with Gasteiger partial charge in [0.2, 0.25) is 5.91 Å². The largest absolute Gasteiger partial charge is 0.491 e. The predicted molar refractivity (Wildman–Crippen MR) is 85.3 cm³/mol. The van der Waals surface area contributed by atoms with Gasteiger partial charge in [-0.25, -0.2) is 0 Å². The van der Waals surface area contributed by atoms with Crippen LogP contribution in [0.1, 0.15) is 18.9 Å². The maximum atomic E-state index is 11.2. The van der Waals surface area contributed by atoms with Crippen molar-refractivity contribution in [3.8, 4) is 5.75 Å². The molecule has 6 heteroatoms. The van der Waals surface area contributed by atoms with Crippen molar-refractivity contribution in [2.45, 2.75) is 25.8 Å². The third-order valence-corrected chi connectivity index (χ3v) is 4.01. The summed E-state index contributed by atoms with van der Waals surface area (Å²) in [6.07, 6.45) is 3.80. The number of fused-ring (bicyclic) bond motifs is 1. The zero-order valence-corrected chi connectivity index (χ0v) is 12.8. The molecule has 0 spiro atoms. The fraction of sp³-hybridized carbons (Fsp3) is 0.438. The van der Waals surface area contributed by atoms with Gasteiger partial charge in [-0.15, -0.1) is 0 Å². The van der Waals surface area contributed by atoms with E-state index in [-0.39, 0.29) is 11.9 Å². The number of ether oxygens (including phenoxy) is 1. The first-order valence-corrected chi connectivity index (χ1v) is 7.60. The summed E-state index contributed by atoms with van der Waals surface area (Å²) in [4.78, 5) is 13.5. The molecule has 2 heterocycles. The summed E-state index contributed by atoms with van der Waals surface area (Å²) in [7, 11) is 0. The number of anilines is 1. The molecule has 0 bridgehead atoms. The van der Waals surface area contributed by atoms with Crippen LogP contribution in [-0.4, -0.2) is 36.7 Å². The van der Waals surface area contributed by atoms with Crippen molar-refractivity contribution < 1.29 is 9.53 Å². The van der Waals surface area contributed by atoms with Crippen molar-refractivity contribution in [3.05, 3.63) is 35.7 Å². The van der Waals surface area contributed by atoms with Crippen molar-refractivity contribution in [1.29, 1.82) is 0 Å². The SMILES string of the molecule is CC(=O)Nc1ccc2c(c1)CC(N1CNC=C1CCN)CO2. The van der Waals surface area contributed by atoms with Crippen LogP contribution >= 0.6 is 0 Å². The number of nitrogens with zero attached hydrogens (tertiary/aromatic N) is 1. The number of hydrogen-bond donors (Lipinski definition) is 3. The molecule has 2 aliphatic heterocycles. The molecule has 2 aliphatic rings. The smallest absolute Gasteiger partial charge is 0.221 e. The van der Waals surface area contributed by atoms with E-state index in [9.17, 15) is 4.79 Å². The van der Waals surface area contributed by atoms with E-state index in [1.807, 2.05) is 24.4 Å². The Balaban J connectivity index is 1.75. The van der Waals surface area contributed by atoms with E-state index in [0.29, 0.717) is 13.2 Å². The number of carbonyl (C=O) groups is 1. The zero-order valence-electron chi connectivity index (χ0n) is 12.8. The van der Waals surface area contributed by atoms with Gasteiger partial charge in [0.1, 0.15) is 12.4 Å². The Hall–Kier alpha value is -2.21. The average molecular weight is 302 g/mol. The number of nitrogens with one attached hydrogen (secondary N) is 2. The fourth-order valence-electron chi connectivity index (χ4n) is 3.03. The van der Waals surface area contributed by atoms with Crippen LogP contribution in [0.2, 0.25) is 0 Å². The number of amides is 1. The highest BCUT2D eigenvalue weighted by Crippen LogP contribution is 2.31. The quantitative estimate of drug-likeness (QED) is 0.773. The second-order valence-corrected chi connectivity index (χ2v) is 5.68. The number of nitrogens with two attached hydrogens (primary N) is 1. The summed E-state index contributed by atoms with van der Waals surface area (Å²) in [6.45, 7) is 3.61. The van der Waals surface area contributed by atoms with Crippen LogP contribution in [-0.2, 0) is 11.2 Å². The Morgan fingerprint density at radius 2 is 2.41 bits per heavy atom. The van der Waals surface area contributed by atoms with Gasteiger partial charge < -0.3 is 26.0 Å². The summed E-state index contributed by atoms with van der Waals surface area (Å²) < 4.78 is 5.89. The van der Waals surface area contributed by atoms with E-state index in [4.69, 9.17) is 10.5 Å². The molecule has 22 heavy (non-hydrogen) atoms. The molecule has 0 saturated heterocycles. The Morgan fingerprint density at radius 1 is 1.55 bits per heavy atom. The molecular weight excluding hydrogens is 280 g/mol. The fourth-order valence-corrected chi connectivity index (χ4v) is 3.03. The lowest BCUT2D eigenvalue weighted by Gasteiger charge is -2.35. The van der Waals surface area contributed by atoms with Gasteiger partial charge in [-0.1, -0.05) is 0 Å². The van der Waals surface area contributed by atoms with Gasteiger partial charge in [-0.3, -0.25) is 4.79 Å². The molecule has 0 saturated carbocycles. The van der Waals surface area contributed by atoms with Crippen molar-refractivity contribution in [1.82, 2.24) is 10.2 Å². The van der Waals surface area contributed by atoms with Gasteiger partial charge in [0, 0.05) is 30.9 Å². The highest BCUT2D eigenvalue weighted by Gasteiger charge is 2.28. The molecule has 118 valence electrons. The molecule has 1 amide bonds. The zero-order chi connectivity index (χ0) is 15.5. The molecule has 0 radical (unpaired) electrons. The van der Waals surface area contributed by atoms with Gasteiger partial charge in [0.05, 0.1) is 12.7 Å². The highest BCUT2D eigenvalue weighted by atomic mass is 16.5. The molecule has 6 nitrogen and oxygen atoms in total. The Kier molecular flexibility index (Phi) is 4.20. The Bertz CT molecular complexity index is 600. The van der Waals surface area contributed by atoms with Gasteiger partial charge in [-0.2, -0.15) is 0 Å². The van der Waals surface area contributed by atoms with E-state index >= 15 is 0 Å². The molecule has 1 unspecified atom stereocenters. The van der Waals surface area contributed by atoms with Crippen molar-refractivity contribution in [3.63, 3.8) is 0 Å². The molecule has 1 aromatic carbocycles. The molecule has 4 N–H and O–H groups in total. The lowest BCUT2D eigenvalue weighted by molar-refractivity contribution is -0.114. The Labute approximate surface area is 130 Å². The number of hydrogen-bond acceptors (Lipinski definition) is 5. The second-order valence-electron chi connectivity index (χ2n) is 5.68. The molecule has 0 fully saturated rings. The van der Waals surface area contributed by atoms with E-state index in [1.165, 1.54) is 12.6 Å². The minimum atomic E-state index is -0.0647. The molecule has 0 aromatic heterocycles. The topological polar surface area (TPSA) is 79.6 Å². The predicted octanol–water partition coefficient (Wildman–Crippen LogP) is 1.00. The number of rotatable bonds is 4. The molecule has 1 aromatic rings. The normalized spacial score (nSPS) is 19.8. The monoisotopic (exact) mass is 302 g/mol. The van der Waals surface area contributed by atoms with Crippen molar-refractivity contribution in [2.75, 3.05) is 25.1 Å². The van der Waals surface area contributed by atoms with Crippen LogP contribution in [0.25, 0.3) is 0 Å². The lowest BCUT2D eigenvalue weighted by atomic mass is 10.0. The van der Waals surface area contributed by atoms with Crippen LogP contribution < -0.4 is 21.1 Å². The standard InChI is InChI=1S/C16H22N4O2/c1-11(21)19-13-2-3-16-12(6-13)7-15(9-22-16)20-10-18-8-14(20)4-5-17/h2-3,6,8,15,18H,4-5,7,9-10,17H2,1H3,(H,19,21). The van der Waals surface area contributed by atoms with Gasteiger partial charge in [0.15, 0.2) is 0 Å². The first-order chi connectivity index (χ1) is 10.7. The third kappa shape index (κ3) is 3.01. The highest BCUT2D eigenvalue weighted by molar-refractivity contribution is 5.88. The maximum absolute atomic E-state index is 11.2. The van der Waals surface area contributed by atoms with E-state index in [0.717, 1.165) is 36.5 Å². The molecule has 1 atom stereocenters. The van der Waals surface area contributed by atoms with Crippen LogP contribution in [0.3, 0.4) is 0 Å². The minimum absolute atomic E-state index is 0.0647. The first kappa shape index (κ1) is 14.7. The average Bonchev–Trinajstić information content (AvgIpc) is 2.94. The summed E-state index contributed by atoms with van der Waals surface area (Å²) in [5.41, 5.74) is 8.85. The van der Waals surface area contributed by atoms with Crippen LogP contribution in [0.4, 0.5) is 5.69 Å². The van der Waals surface area contributed by atoms with Crippen LogP contribution in [0.5, 0.6) is 5.75 Å². The van der Waals surface area contributed by atoms with E-state index in [1.54, 1.807) is 0 Å². The van der Waals surface area contributed by atoms with Gasteiger partial charge in [-0.05, 0) is 36.7 Å². The first-order valence-electron chi connectivity index (χ1n) is 7.60. The second kappa shape index (κ2) is 6.27. The summed E-state index contributed by atoms with van der Waals surface area (Å²) in [5, 5.41) is 6.08. The summed E-state index contributed by atoms with van der Waals surface area (Å²) in [5.74, 6) is 0.840. The molecule has 3 rings (SSSR count). The van der Waals surface area contributed by atoms with Crippen LogP contribution in [0.15, 0.2) is 30.1 Å². The number of benzene rings is 1. The van der Waals surface area contributed by atoms with E-state index < -0.39 is 0 Å². The summed E-state index contributed by atoms with van der Waals surface area (Å²) in [6, 6.07) is 6.08. The summed E-state index contributed by atoms with van der Waals surface area (Å²) >= 11 is 0. The molecule has 0 aliphatic carbocycles. The van der Waals surface area contributed by atoms with Crippen molar-refractivity contribution in [2.24, 2.45) is 5.73 Å². The van der Waals surface area contributed by atoms with Gasteiger partial charge in [0.25, 0.3) is 0 Å². The Morgan fingerprint density at radius 3 is 3.18 bits per heavy atom. The maximum Gasteiger partial charge on any atom is 0.221 e. The third-order valence-electron chi connectivity index (χ3n) is 4.01. The van der Waals surface area contributed by atoms with Crippen molar-refractivity contribution >= 4 is 11.6 Å². The lowest BCUT2D eigenvalue weighted by Crippen LogP contribution is -2.43. The van der Waals surface area contributed by atoms with Crippen LogP contribution in [0, 0.1) is 0 Å².